The van der Waals surface area contributed by atoms with Crippen LogP contribution in [0.5, 0.6) is 0 Å². The van der Waals surface area contributed by atoms with E-state index in [2.05, 4.69) is 6.92 Å². The van der Waals surface area contributed by atoms with Gasteiger partial charge in [0.2, 0.25) is 0 Å². The van der Waals surface area contributed by atoms with Crippen molar-refractivity contribution >= 4 is 11.9 Å². The standard InChI is InChI=1S/C22H34O4/c1-6-7-8-9-11-16-12-10-13-17(18(14(2)3)21(23)24)20(16)19(15(4)5)22(25)26/h10,12-15,18-19H,6-9,11H2,1-5H3,(H,23,24)(H,25,26). The fraction of sp³-hybridized carbons (Fsp3) is 0.636. The van der Waals surface area contributed by atoms with E-state index in [9.17, 15) is 19.8 Å². The summed E-state index contributed by atoms with van der Waals surface area (Å²) in [4.78, 5) is 24.0. The van der Waals surface area contributed by atoms with Crippen molar-refractivity contribution in [3.63, 3.8) is 0 Å². The van der Waals surface area contributed by atoms with Gasteiger partial charge in [0.1, 0.15) is 0 Å². The smallest absolute Gasteiger partial charge is 0.311 e. The summed E-state index contributed by atoms with van der Waals surface area (Å²) < 4.78 is 0. The Bertz CT molecular complexity index is 604. The number of aryl methyl sites for hydroxylation is 1. The summed E-state index contributed by atoms with van der Waals surface area (Å²) in [6, 6.07) is 5.66. The Morgan fingerprint density at radius 2 is 1.46 bits per heavy atom. The molecule has 0 bridgehead atoms. The summed E-state index contributed by atoms with van der Waals surface area (Å²) in [5.74, 6) is -3.37. The third-order valence-corrected chi connectivity index (χ3v) is 5.04. The average Bonchev–Trinajstić information content (AvgIpc) is 2.52. The first kappa shape index (κ1) is 22.2. The van der Waals surface area contributed by atoms with Crippen LogP contribution in [0.2, 0.25) is 0 Å². The van der Waals surface area contributed by atoms with E-state index in [4.69, 9.17) is 0 Å². The van der Waals surface area contributed by atoms with Gasteiger partial charge in [-0.1, -0.05) is 72.1 Å². The summed E-state index contributed by atoms with van der Waals surface area (Å²) in [5.41, 5.74) is 2.39. The van der Waals surface area contributed by atoms with Gasteiger partial charge in [-0.15, -0.1) is 0 Å². The van der Waals surface area contributed by atoms with Crippen molar-refractivity contribution in [2.75, 3.05) is 0 Å². The third-order valence-electron chi connectivity index (χ3n) is 5.04. The highest BCUT2D eigenvalue weighted by atomic mass is 16.4. The largest absolute Gasteiger partial charge is 0.481 e. The van der Waals surface area contributed by atoms with Gasteiger partial charge in [0.05, 0.1) is 11.8 Å². The number of carbonyl (C=O) groups is 2. The molecular weight excluding hydrogens is 328 g/mol. The zero-order valence-electron chi connectivity index (χ0n) is 16.8. The van der Waals surface area contributed by atoms with Crippen molar-refractivity contribution in [1.29, 1.82) is 0 Å². The maximum Gasteiger partial charge on any atom is 0.311 e. The van der Waals surface area contributed by atoms with Gasteiger partial charge in [0.25, 0.3) is 0 Å². The maximum absolute atomic E-state index is 12.0. The second-order valence-electron chi connectivity index (χ2n) is 7.85. The van der Waals surface area contributed by atoms with Crippen molar-refractivity contribution in [2.24, 2.45) is 11.8 Å². The monoisotopic (exact) mass is 362 g/mol. The second kappa shape index (κ2) is 10.3. The molecule has 0 aliphatic carbocycles. The fourth-order valence-electron chi connectivity index (χ4n) is 3.76. The molecule has 146 valence electrons. The molecule has 1 aromatic carbocycles. The highest BCUT2D eigenvalue weighted by Crippen LogP contribution is 2.37. The maximum atomic E-state index is 12.0. The van der Waals surface area contributed by atoms with Gasteiger partial charge >= 0.3 is 11.9 Å². The molecule has 4 heteroatoms. The van der Waals surface area contributed by atoms with Gasteiger partial charge in [-0.05, 0) is 41.4 Å². The van der Waals surface area contributed by atoms with E-state index in [1.165, 1.54) is 0 Å². The number of hydrogen-bond acceptors (Lipinski definition) is 2. The lowest BCUT2D eigenvalue weighted by atomic mass is 9.76. The number of carboxylic acid groups (broad SMARTS) is 2. The van der Waals surface area contributed by atoms with E-state index in [0.29, 0.717) is 5.56 Å². The Kier molecular flexibility index (Phi) is 8.83. The van der Waals surface area contributed by atoms with Gasteiger partial charge in [-0.3, -0.25) is 9.59 Å². The van der Waals surface area contributed by atoms with E-state index in [1.54, 1.807) is 0 Å². The number of benzene rings is 1. The van der Waals surface area contributed by atoms with Gasteiger partial charge < -0.3 is 10.2 Å². The van der Waals surface area contributed by atoms with Crippen molar-refractivity contribution < 1.29 is 19.8 Å². The molecule has 2 N–H and O–H groups in total. The zero-order chi connectivity index (χ0) is 19.9. The molecule has 0 aromatic heterocycles. The Labute approximate surface area is 157 Å². The van der Waals surface area contributed by atoms with E-state index in [-0.39, 0.29) is 11.8 Å². The Morgan fingerprint density at radius 3 is 1.92 bits per heavy atom. The van der Waals surface area contributed by atoms with E-state index in [0.717, 1.165) is 43.2 Å². The molecule has 1 aromatic rings. The van der Waals surface area contributed by atoms with Crippen molar-refractivity contribution in [1.82, 2.24) is 0 Å². The number of aliphatic carboxylic acids is 2. The van der Waals surface area contributed by atoms with Gasteiger partial charge in [0, 0.05) is 0 Å². The average molecular weight is 363 g/mol. The highest BCUT2D eigenvalue weighted by molar-refractivity contribution is 5.81. The molecule has 0 saturated carbocycles. The van der Waals surface area contributed by atoms with Gasteiger partial charge in [-0.2, -0.15) is 0 Å². The number of carboxylic acids is 2. The Morgan fingerprint density at radius 1 is 0.885 bits per heavy atom. The molecule has 1 rings (SSSR count). The van der Waals surface area contributed by atoms with E-state index < -0.39 is 23.8 Å². The van der Waals surface area contributed by atoms with E-state index in [1.807, 2.05) is 45.9 Å². The minimum absolute atomic E-state index is 0.107. The van der Waals surface area contributed by atoms with Crippen LogP contribution in [-0.4, -0.2) is 22.2 Å². The molecule has 2 atom stereocenters. The van der Waals surface area contributed by atoms with Crippen LogP contribution in [0, 0.1) is 11.8 Å². The SMILES string of the molecule is CCCCCCc1cccc(C(C(=O)O)C(C)C)c1C(C(=O)O)C(C)C. The van der Waals surface area contributed by atoms with Crippen molar-refractivity contribution in [2.45, 2.75) is 78.6 Å². The molecular formula is C22H34O4. The Hall–Kier alpha value is -1.84. The lowest BCUT2D eigenvalue weighted by molar-refractivity contribution is -0.141. The minimum Gasteiger partial charge on any atom is -0.481 e. The first-order valence-electron chi connectivity index (χ1n) is 9.79. The lowest BCUT2D eigenvalue weighted by Crippen LogP contribution is -2.25. The summed E-state index contributed by atoms with van der Waals surface area (Å²) in [5, 5.41) is 19.6. The summed E-state index contributed by atoms with van der Waals surface area (Å²) in [6.45, 7) is 9.69. The molecule has 4 nitrogen and oxygen atoms in total. The predicted molar refractivity (Wildman–Crippen MR) is 105 cm³/mol. The fourth-order valence-corrected chi connectivity index (χ4v) is 3.76. The first-order chi connectivity index (χ1) is 12.2. The molecule has 0 amide bonds. The van der Waals surface area contributed by atoms with Crippen LogP contribution in [-0.2, 0) is 16.0 Å². The van der Waals surface area contributed by atoms with Crippen LogP contribution in [0.15, 0.2) is 18.2 Å². The molecule has 0 fully saturated rings. The molecule has 0 aliphatic heterocycles. The third kappa shape index (κ3) is 5.58. The second-order valence-corrected chi connectivity index (χ2v) is 7.85. The van der Waals surface area contributed by atoms with Crippen LogP contribution in [0.1, 0.15) is 88.8 Å². The molecule has 0 aliphatic rings. The lowest BCUT2D eigenvalue weighted by Gasteiger charge is -2.27. The summed E-state index contributed by atoms with van der Waals surface area (Å²) >= 11 is 0. The zero-order valence-corrected chi connectivity index (χ0v) is 16.8. The predicted octanol–water partition coefficient (Wildman–Crippen LogP) is 5.46. The number of rotatable bonds is 11. The van der Waals surface area contributed by atoms with Crippen LogP contribution in [0.4, 0.5) is 0 Å². The number of unbranched alkanes of at least 4 members (excludes halogenated alkanes) is 3. The van der Waals surface area contributed by atoms with Crippen molar-refractivity contribution in [3.05, 3.63) is 34.9 Å². The molecule has 0 radical (unpaired) electrons. The topological polar surface area (TPSA) is 74.6 Å². The highest BCUT2D eigenvalue weighted by Gasteiger charge is 2.34. The summed E-state index contributed by atoms with van der Waals surface area (Å²) in [7, 11) is 0. The quantitative estimate of drug-likeness (QED) is 0.513. The van der Waals surface area contributed by atoms with E-state index >= 15 is 0 Å². The number of hydrogen-bond donors (Lipinski definition) is 2. The van der Waals surface area contributed by atoms with Crippen LogP contribution in [0.3, 0.4) is 0 Å². The molecule has 26 heavy (non-hydrogen) atoms. The molecule has 0 spiro atoms. The first-order valence-corrected chi connectivity index (χ1v) is 9.79. The molecule has 2 unspecified atom stereocenters. The van der Waals surface area contributed by atoms with Crippen LogP contribution < -0.4 is 0 Å². The van der Waals surface area contributed by atoms with Gasteiger partial charge in [0.15, 0.2) is 0 Å². The Balaban J connectivity index is 3.48. The van der Waals surface area contributed by atoms with Crippen LogP contribution in [0.25, 0.3) is 0 Å². The molecule has 0 saturated heterocycles. The van der Waals surface area contributed by atoms with Crippen LogP contribution >= 0.6 is 0 Å². The summed E-state index contributed by atoms with van der Waals surface area (Å²) in [6.07, 6.45) is 5.20. The minimum atomic E-state index is -0.891. The van der Waals surface area contributed by atoms with Gasteiger partial charge in [-0.25, -0.2) is 0 Å². The molecule has 0 heterocycles. The normalized spacial score (nSPS) is 13.8. The van der Waals surface area contributed by atoms with Crippen molar-refractivity contribution in [3.8, 4) is 0 Å².